The third kappa shape index (κ3) is 4.30. The van der Waals surface area contributed by atoms with Crippen LogP contribution in [0.15, 0.2) is 22.7 Å². The Kier molecular flexibility index (Phi) is 5.06. The van der Waals surface area contributed by atoms with Crippen molar-refractivity contribution >= 4 is 22.0 Å². The standard InChI is InChI=1S/C20H28BrNO3/c1-19(2,3)25-18(23)22-7-5-20(6-8-22)12-15(13-20)14-9-16(21)11-17(10-14)24-4/h9-11,15H,5-8,12-13H2,1-4H3. The SMILES string of the molecule is COc1cc(Br)cc(C2CC3(CCN(C(=O)OC(C)(C)C)CC3)C2)c1. The van der Waals surface area contributed by atoms with Crippen LogP contribution in [0.5, 0.6) is 5.75 Å². The molecule has 3 rings (SSSR count). The Morgan fingerprint density at radius 3 is 2.40 bits per heavy atom. The fourth-order valence-corrected chi connectivity index (χ4v) is 4.55. The van der Waals surface area contributed by atoms with Crippen LogP contribution in [0.4, 0.5) is 4.79 Å². The largest absolute Gasteiger partial charge is 0.497 e. The maximum Gasteiger partial charge on any atom is 0.410 e. The van der Waals surface area contributed by atoms with Gasteiger partial charge in [-0.05, 0) is 81.5 Å². The Morgan fingerprint density at radius 2 is 1.84 bits per heavy atom. The zero-order chi connectivity index (χ0) is 18.2. The maximum atomic E-state index is 12.2. The fraction of sp³-hybridized carbons (Fsp3) is 0.650. The molecule has 1 aromatic carbocycles. The quantitative estimate of drug-likeness (QED) is 0.660. The van der Waals surface area contributed by atoms with Gasteiger partial charge in [0, 0.05) is 17.6 Å². The van der Waals surface area contributed by atoms with E-state index in [1.165, 1.54) is 18.4 Å². The molecule has 25 heavy (non-hydrogen) atoms. The third-order valence-electron chi connectivity index (χ3n) is 5.44. The Labute approximate surface area is 159 Å². The summed E-state index contributed by atoms with van der Waals surface area (Å²) in [5, 5.41) is 0. The van der Waals surface area contributed by atoms with Gasteiger partial charge in [0.2, 0.25) is 0 Å². The molecule has 1 aliphatic heterocycles. The van der Waals surface area contributed by atoms with Gasteiger partial charge in [0.25, 0.3) is 0 Å². The molecule has 4 nitrogen and oxygen atoms in total. The molecule has 0 N–H and O–H groups in total. The van der Waals surface area contributed by atoms with Gasteiger partial charge in [-0.15, -0.1) is 0 Å². The minimum atomic E-state index is -0.423. The Bertz CT molecular complexity index is 637. The summed E-state index contributed by atoms with van der Waals surface area (Å²) in [5.74, 6) is 1.50. The molecule has 2 aliphatic rings. The van der Waals surface area contributed by atoms with Crippen molar-refractivity contribution in [3.8, 4) is 5.75 Å². The zero-order valence-corrected chi connectivity index (χ0v) is 17.2. The lowest BCUT2D eigenvalue weighted by molar-refractivity contribution is -0.0121. The van der Waals surface area contributed by atoms with E-state index in [0.717, 1.165) is 36.2 Å². The molecule has 0 radical (unpaired) electrons. The van der Waals surface area contributed by atoms with Crippen LogP contribution in [0.1, 0.15) is 57.9 Å². The first-order valence-electron chi connectivity index (χ1n) is 9.02. The molecule has 138 valence electrons. The number of rotatable bonds is 2. The molecule has 0 bridgehead atoms. The van der Waals surface area contributed by atoms with Gasteiger partial charge in [0.05, 0.1) is 7.11 Å². The number of hydrogen-bond donors (Lipinski definition) is 0. The second kappa shape index (κ2) is 6.82. The van der Waals surface area contributed by atoms with Gasteiger partial charge < -0.3 is 14.4 Å². The van der Waals surface area contributed by atoms with Crippen LogP contribution in [0.3, 0.4) is 0 Å². The van der Waals surface area contributed by atoms with Crippen molar-refractivity contribution in [2.75, 3.05) is 20.2 Å². The van der Waals surface area contributed by atoms with E-state index in [1.807, 2.05) is 31.7 Å². The number of hydrogen-bond acceptors (Lipinski definition) is 3. The molecular weight excluding hydrogens is 382 g/mol. The van der Waals surface area contributed by atoms with Gasteiger partial charge in [-0.3, -0.25) is 0 Å². The number of ether oxygens (including phenoxy) is 2. The van der Waals surface area contributed by atoms with E-state index in [1.54, 1.807) is 7.11 Å². The summed E-state index contributed by atoms with van der Waals surface area (Å²) in [6.07, 6.45) is 4.39. The van der Waals surface area contributed by atoms with E-state index in [0.29, 0.717) is 11.3 Å². The molecular formula is C20H28BrNO3. The molecule has 2 fully saturated rings. The first kappa shape index (κ1) is 18.6. The fourth-order valence-electron chi connectivity index (χ4n) is 4.06. The van der Waals surface area contributed by atoms with E-state index in [4.69, 9.17) is 9.47 Å². The van der Waals surface area contributed by atoms with Crippen molar-refractivity contribution in [3.63, 3.8) is 0 Å². The molecule has 1 spiro atoms. The summed E-state index contributed by atoms with van der Waals surface area (Å²) in [4.78, 5) is 14.1. The van der Waals surface area contributed by atoms with Gasteiger partial charge in [-0.1, -0.05) is 15.9 Å². The summed E-state index contributed by atoms with van der Waals surface area (Å²) in [6, 6.07) is 6.35. The van der Waals surface area contributed by atoms with Gasteiger partial charge in [0.15, 0.2) is 0 Å². The van der Waals surface area contributed by atoms with Crippen molar-refractivity contribution in [1.29, 1.82) is 0 Å². The van der Waals surface area contributed by atoms with Crippen LogP contribution in [-0.4, -0.2) is 36.8 Å². The van der Waals surface area contributed by atoms with E-state index in [2.05, 4.69) is 28.1 Å². The van der Waals surface area contributed by atoms with E-state index in [-0.39, 0.29) is 6.09 Å². The second-order valence-electron chi connectivity index (χ2n) is 8.50. The Hall–Kier alpha value is -1.23. The molecule has 0 atom stereocenters. The minimum Gasteiger partial charge on any atom is -0.497 e. The molecule has 1 heterocycles. The van der Waals surface area contributed by atoms with E-state index >= 15 is 0 Å². The number of piperidine rings is 1. The first-order chi connectivity index (χ1) is 11.7. The number of nitrogens with zero attached hydrogens (tertiary/aromatic N) is 1. The highest BCUT2D eigenvalue weighted by molar-refractivity contribution is 9.10. The van der Waals surface area contributed by atoms with Gasteiger partial charge in [-0.25, -0.2) is 4.79 Å². The predicted molar refractivity (Wildman–Crippen MR) is 102 cm³/mol. The van der Waals surface area contributed by atoms with Crippen molar-refractivity contribution in [2.45, 2.75) is 58.0 Å². The number of benzene rings is 1. The monoisotopic (exact) mass is 409 g/mol. The number of carbonyl (C=O) groups is 1. The molecule has 1 saturated heterocycles. The molecule has 0 aromatic heterocycles. The average molecular weight is 410 g/mol. The van der Waals surface area contributed by atoms with Crippen LogP contribution in [0.25, 0.3) is 0 Å². The van der Waals surface area contributed by atoms with Crippen LogP contribution >= 0.6 is 15.9 Å². The average Bonchev–Trinajstić information content (AvgIpc) is 2.50. The van der Waals surface area contributed by atoms with Crippen LogP contribution in [0.2, 0.25) is 0 Å². The molecule has 0 unspecified atom stereocenters. The lowest BCUT2D eigenvalue weighted by Crippen LogP contribution is -2.49. The van der Waals surface area contributed by atoms with Crippen LogP contribution in [-0.2, 0) is 4.74 Å². The highest BCUT2D eigenvalue weighted by atomic mass is 79.9. The number of halogens is 1. The van der Waals surface area contributed by atoms with Gasteiger partial charge >= 0.3 is 6.09 Å². The molecule has 5 heteroatoms. The minimum absolute atomic E-state index is 0.171. The lowest BCUT2D eigenvalue weighted by atomic mass is 9.56. The van der Waals surface area contributed by atoms with Crippen molar-refractivity contribution in [1.82, 2.24) is 4.90 Å². The highest BCUT2D eigenvalue weighted by Gasteiger charge is 2.47. The smallest absolute Gasteiger partial charge is 0.410 e. The summed E-state index contributed by atoms with van der Waals surface area (Å²) in [7, 11) is 1.71. The summed E-state index contributed by atoms with van der Waals surface area (Å²) in [5.41, 5.74) is 1.33. The number of methoxy groups -OCH3 is 1. The molecule has 1 aliphatic carbocycles. The number of carbonyl (C=O) groups excluding carboxylic acids is 1. The van der Waals surface area contributed by atoms with Crippen LogP contribution in [0, 0.1) is 5.41 Å². The first-order valence-corrected chi connectivity index (χ1v) is 9.81. The zero-order valence-electron chi connectivity index (χ0n) is 15.6. The van der Waals surface area contributed by atoms with Crippen molar-refractivity contribution < 1.29 is 14.3 Å². The predicted octanol–water partition coefficient (Wildman–Crippen LogP) is 5.35. The third-order valence-corrected chi connectivity index (χ3v) is 5.89. The Morgan fingerprint density at radius 1 is 1.20 bits per heavy atom. The molecule has 1 amide bonds. The summed E-state index contributed by atoms with van der Waals surface area (Å²) in [6.45, 7) is 7.37. The van der Waals surface area contributed by atoms with Crippen molar-refractivity contribution in [3.05, 3.63) is 28.2 Å². The second-order valence-corrected chi connectivity index (χ2v) is 9.41. The Balaban J connectivity index is 1.55. The lowest BCUT2D eigenvalue weighted by Gasteiger charge is -2.52. The van der Waals surface area contributed by atoms with Crippen molar-refractivity contribution in [2.24, 2.45) is 5.41 Å². The number of amides is 1. The topological polar surface area (TPSA) is 38.8 Å². The normalized spacial score (nSPS) is 20.3. The van der Waals surface area contributed by atoms with Crippen LogP contribution < -0.4 is 4.74 Å². The molecule has 1 aromatic rings. The number of likely N-dealkylation sites (tertiary alicyclic amines) is 1. The maximum absolute atomic E-state index is 12.2. The van der Waals surface area contributed by atoms with Gasteiger partial charge in [-0.2, -0.15) is 0 Å². The van der Waals surface area contributed by atoms with E-state index in [9.17, 15) is 4.79 Å². The molecule has 1 saturated carbocycles. The van der Waals surface area contributed by atoms with E-state index < -0.39 is 5.60 Å². The van der Waals surface area contributed by atoms with Gasteiger partial charge in [0.1, 0.15) is 11.4 Å². The highest BCUT2D eigenvalue weighted by Crippen LogP contribution is 2.57. The summed E-state index contributed by atoms with van der Waals surface area (Å²) >= 11 is 3.57. The summed E-state index contributed by atoms with van der Waals surface area (Å²) < 4.78 is 11.9.